The highest BCUT2D eigenvalue weighted by molar-refractivity contribution is 7.92. The van der Waals surface area contributed by atoms with Crippen molar-refractivity contribution in [2.24, 2.45) is 33.3 Å². The van der Waals surface area contributed by atoms with Gasteiger partial charge < -0.3 is 17.2 Å². The molecule has 0 spiro atoms. The fourth-order valence-electron chi connectivity index (χ4n) is 3.33. The normalized spacial score (nSPS) is 12.8. The van der Waals surface area contributed by atoms with Crippen LogP contribution >= 0.6 is 0 Å². The Bertz CT molecular complexity index is 1440. The number of H-pyrrole nitrogens is 1. The topological polar surface area (TPSA) is 276 Å². The molecule has 3 aromatic rings. The summed E-state index contributed by atoms with van der Waals surface area (Å²) < 4.78 is 54.0. The molecule has 0 aliphatic rings. The van der Waals surface area contributed by atoms with Gasteiger partial charge in [-0.15, -0.1) is 5.10 Å². The zero-order valence-electron chi connectivity index (χ0n) is 18.2. The van der Waals surface area contributed by atoms with Crippen LogP contribution < -0.4 is 38.4 Å². The summed E-state index contributed by atoms with van der Waals surface area (Å²) in [7, 11) is -9.15. The van der Waals surface area contributed by atoms with Gasteiger partial charge in [0.2, 0.25) is 20.0 Å². The van der Waals surface area contributed by atoms with Gasteiger partial charge in [0.15, 0.2) is 11.7 Å². The van der Waals surface area contributed by atoms with E-state index >= 15 is 0 Å². The molecule has 0 aliphatic heterocycles. The molecule has 0 saturated carbocycles. The number of aromatic amines is 1. The molecule has 0 saturated heterocycles. The minimum absolute atomic E-state index is 0.125. The Hall–Kier alpha value is -3.45. The standard InChI is InChI=1S/C18H25N11O4S2/c19-7-12(8-20)28-35(32,33)14-5-4-13(15(17(21)26-29-22)16(14)34(23,30)31)10-2-1-3-11(6-10)18-24-9-25-27-18/h1-6,9,12,28-29H,7-8,19-20,22H2,(H2,21,26)(H2,23,30,31)(H,24,25,27). The number of hydrazone groups is 1. The van der Waals surface area contributed by atoms with E-state index in [1.807, 2.05) is 5.53 Å². The van der Waals surface area contributed by atoms with Crippen LogP contribution in [0.25, 0.3) is 22.5 Å². The number of hydrazine groups is 1. The third kappa shape index (κ3) is 5.62. The molecule has 0 bridgehead atoms. The van der Waals surface area contributed by atoms with Crippen molar-refractivity contribution in [2.75, 3.05) is 13.1 Å². The zero-order valence-corrected chi connectivity index (χ0v) is 19.8. The highest BCUT2D eigenvalue weighted by atomic mass is 32.2. The summed E-state index contributed by atoms with van der Waals surface area (Å²) in [6.45, 7) is -0.250. The second-order valence-electron chi connectivity index (χ2n) is 7.18. The number of hydrogen-bond acceptors (Lipinski definition) is 11. The maximum absolute atomic E-state index is 13.1. The average molecular weight is 524 g/mol. The number of nitrogens with two attached hydrogens (primary N) is 5. The van der Waals surface area contributed by atoms with Gasteiger partial charge in [-0.05, 0) is 23.3 Å². The minimum atomic E-state index is -4.68. The van der Waals surface area contributed by atoms with Crippen molar-refractivity contribution in [1.82, 2.24) is 25.4 Å². The van der Waals surface area contributed by atoms with Gasteiger partial charge in [-0.1, -0.05) is 24.3 Å². The minimum Gasteiger partial charge on any atom is -0.382 e. The maximum atomic E-state index is 13.1. The Kier molecular flexibility index (Phi) is 7.80. The number of aromatic nitrogens is 3. The van der Waals surface area contributed by atoms with Crippen LogP contribution in [0.15, 0.2) is 57.6 Å². The van der Waals surface area contributed by atoms with Crippen molar-refractivity contribution in [3.05, 3.63) is 48.3 Å². The molecular weight excluding hydrogens is 498 g/mol. The average Bonchev–Trinajstić information content (AvgIpc) is 3.36. The molecule has 35 heavy (non-hydrogen) atoms. The summed E-state index contributed by atoms with van der Waals surface area (Å²) in [6.07, 6.45) is 1.40. The summed E-state index contributed by atoms with van der Waals surface area (Å²) in [4.78, 5) is 2.65. The molecule has 0 unspecified atom stereocenters. The predicted octanol–water partition coefficient (Wildman–Crippen LogP) is -2.57. The molecule has 15 nitrogen and oxygen atoms in total. The predicted molar refractivity (Wildman–Crippen MR) is 129 cm³/mol. The number of benzene rings is 2. The number of primary sulfonamides is 1. The summed E-state index contributed by atoms with van der Waals surface area (Å²) >= 11 is 0. The van der Waals surface area contributed by atoms with Gasteiger partial charge in [-0.2, -0.15) is 5.10 Å². The summed E-state index contributed by atoms with van der Waals surface area (Å²) in [5, 5.41) is 15.8. The fourth-order valence-corrected chi connectivity index (χ4v) is 6.20. The number of sulfonamides is 2. The first kappa shape index (κ1) is 26.2. The van der Waals surface area contributed by atoms with Crippen molar-refractivity contribution in [3.63, 3.8) is 0 Å². The van der Waals surface area contributed by atoms with Crippen molar-refractivity contribution in [2.45, 2.75) is 15.8 Å². The molecule has 0 fully saturated rings. The van der Waals surface area contributed by atoms with Gasteiger partial charge >= 0.3 is 0 Å². The van der Waals surface area contributed by atoms with Gasteiger partial charge in [0.05, 0.1) is 0 Å². The molecule has 0 radical (unpaired) electrons. The lowest BCUT2D eigenvalue weighted by molar-refractivity contribution is 0.548. The van der Waals surface area contributed by atoms with Crippen LogP contribution in [-0.4, -0.2) is 57.0 Å². The van der Waals surface area contributed by atoms with E-state index in [1.54, 1.807) is 24.3 Å². The van der Waals surface area contributed by atoms with Crippen LogP contribution in [0.2, 0.25) is 0 Å². The molecule has 0 aliphatic carbocycles. The number of nitrogens with one attached hydrogen (secondary N) is 3. The lowest BCUT2D eigenvalue weighted by atomic mass is 9.97. The fraction of sp³-hybridized carbons (Fsp3) is 0.167. The van der Waals surface area contributed by atoms with Gasteiger partial charge in [0.25, 0.3) is 0 Å². The first-order valence-corrected chi connectivity index (χ1v) is 12.9. The maximum Gasteiger partial charge on any atom is 0.242 e. The van der Waals surface area contributed by atoms with E-state index in [-0.39, 0.29) is 24.2 Å². The number of amidine groups is 1. The van der Waals surface area contributed by atoms with E-state index in [0.29, 0.717) is 17.0 Å². The molecule has 0 amide bonds. The highest BCUT2D eigenvalue weighted by Gasteiger charge is 2.32. The Balaban J connectivity index is 2.36. The highest BCUT2D eigenvalue weighted by Crippen LogP contribution is 2.34. The van der Waals surface area contributed by atoms with E-state index in [4.69, 9.17) is 28.2 Å². The monoisotopic (exact) mass is 523 g/mol. The molecule has 3 rings (SSSR count). The van der Waals surface area contributed by atoms with Gasteiger partial charge in [-0.3, -0.25) is 5.10 Å². The van der Waals surface area contributed by atoms with Crippen molar-refractivity contribution < 1.29 is 16.8 Å². The summed E-state index contributed by atoms with van der Waals surface area (Å²) in [6, 6.07) is 8.32. The number of nitrogens with zero attached hydrogens (tertiary/aromatic N) is 3. The van der Waals surface area contributed by atoms with E-state index in [0.717, 1.165) is 6.07 Å². The third-order valence-electron chi connectivity index (χ3n) is 4.87. The summed E-state index contributed by atoms with van der Waals surface area (Å²) in [5.74, 6) is 5.20. The van der Waals surface area contributed by atoms with Gasteiger partial charge in [-0.25, -0.2) is 43.1 Å². The molecule has 1 heterocycles. The second kappa shape index (κ2) is 10.4. The Morgan fingerprint density at radius 3 is 2.34 bits per heavy atom. The SMILES string of the molecule is NCC(CN)NS(=O)(=O)c1ccc(-c2cccc(-c3nc[nH]n3)c2)c(/C(N)=N/NN)c1S(N)(=O)=O. The van der Waals surface area contributed by atoms with Crippen molar-refractivity contribution >= 4 is 25.9 Å². The quantitative estimate of drug-likeness (QED) is 0.0591. The summed E-state index contributed by atoms with van der Waals surface area (Å²) in [5.41, 5.74) is 20.1. The van der Waals surface area contributed by atoms with E-state index < -0.39 is 41.7 Å². The molecule has 188 valence electrons. The van der Waals surface area contributed by atoms with E-state index in [9.17, 15) is 16.8 Å². The molecule has 1 aromatic heterocycles. The third-order valence-corrected chi connectivity index (χ3v) is 7.56. The van der Waals surface area contributed by atoms with Crippen LogP contribution in [0, 0.1) is 0 Å². The van der Waals surface area contributed by atoms with E-state index in [1.165, 1.54) is 12.4 Å². The van der Waals surface area contributed by atoms with Crippen molar-refractivity contribution in [1.29, 1.82) is 0 Å². The van der Waals surface area contributed by atoms with Gasteiger partial charge in [0, 0.05) is 30.3 Å². The Morgan fingerprint density at radius 1 is 1.09 bits per heavy atom. The molecule has 0 atom stereocenters. The molecule has 17 heteroatoms. The number of hydrogen-bond donors (Lipinski definition) is 8. The first-order valence-electron chi connectivity index (χ1n) is 9.91. The lowest BCUT2D eigenvalue weighted by Crippen LogP contribution is -2.45. The Morgan fingerprint density at radius 2 is 1.77 bits per heavy atom. The molecular formula is C18H25N11O4S2. The number of rotatable bonds is 10. The Labute approximate surface area is 201 Å². The zero-order chi connectivity index (χ0) is 25.8. The smallest absolute Gasteiger partial charge is 0.242 e. The second-order valence-corrected chi connectivity index (χ2v) is 10.4. The van der Waals surface area contributed by atoms with E-state index in [2.05, 4.69) is 25.0 Å². The van der Waals surface area contributed by atoms with Crippen molar-refractivity contribution in [3.8, 4) is 22.5 Å². The van der Waals surface area contributed by atoms with Crippen LogP contribution in [0.3, 0.4) is 0 Å². The largest absolute Gasteiger partial charge is 0.382 e. The van der Waals surface area contributed by atoms with Crippen LogP contribution in [0.5, 0.6) is 0 Å². The van der Waals surface area contributed by atoms with Crippen LogP contribution in [0.4, 0.5) is 0 Å². The lowest BCUT2D eigenvalue weighted by Gasteiger charge is -2.20. The van der Waals surface area contributed by atoms with Crippen LogP contribution in [0.1, 0.15) is 5.56 Å². The first-order chi connectivity index (χ1) is 16.5. The van der Waals surface area contributed by atoms with Crippen LogP contribution in [-0.2, 0) is 20.0 Å². The van der Waals surface area contributed by atoms with Gasteiger partial charge in [0.1, 0.15) is 16.1 Å². The molecule has 13 N–H and O–H groups in total. The molecule has 2 aromatic carbocycles.